The second kappa shape index (κ2) is 6.49. The van der Waals surface area contributed by atoms with Crippen LogP contribution in [0.5, 0.6) is 0 Å². The fourth-order valence-electron chi connectivity index (χ4n) is 3.44. The Morgan fingerprint density at radius 3 is 2.83 bits per heavy atom. The topological polar surface area (TPSA) is 63.9 Å². The van der Waals surface area contributed by atoms with E-state index >= 15 is 0 Å². The van der Waals surface area contributed by atoms with Gasteiger partial charge in [0, 0.05) is 18.8 Å². The maximum atomic E-state index is 12.2. The first-order valence-electron chi connectivity index (χ1n) is 8.37. The van der Waals surface area contributed by atoms with Crippen LogP contribution in [0.1, 0.15) is 23.8 Å². The lowest BCUT2D eigenvalue weighted by Gasteiger charge is -2.28. The molecule has 2 aliphatic rings. The highest BCUT2D eigenvalue weighted by Gasteiger charge is 2.33. The number of hydrogen-bond donors (Lipinski definition) is 1. The highest BCUT2D eigenvalue weighted by molar-refractivity contribution is 7.18. The molecule has 0 spiro atoms. The summed E-state index contributed by atoms with van der Waals surface area (Å²) in [7, 11) is 0. The number of aromatic nitrogens is 1. The molecule has 3 heterocycles. The van der Waals surface area contributed by atoms with Crippen LogP contribution in [0.3, 0.4) is 0 Å². The molecular formula is C17H20N3O3S+. The molecule has 0 atom stereocenters. The Morgan fingerprint density at radius 2 is 2.12 bits per heavy atom. The number of nitrogens with zero attached hydrogens (tertiary/aromatic N) is 2. The van der Waals surface area contributed by atoms with Crippen molar-refractivity contribution in [3.8, 4) is 0 Å². The summed E-state index contributed by atoms with van der Waals surface area (Å²) in [6.07, 6.45) is 1.57. The number of hydrogen-bond acceptors (Lipinski definition) is 5. The molecule has 1 aromatic heterocycles. The van der Waals surface area contributed by atoms with Gasteiger partial charge in [0.2, 0.25) is 0 Å². The lowest BCUT2D eigenvalue weighted by molar-refractivity contribution is -0.897. The summed E-state index contributed by atoms with van der Waals surface area (Å²) in [5.74, 6) is 0.365. The predicted molar refractivity (Wildman–Crippen MR) is 90.2 cm³/mol. The summed E-state index contributed by atoms with van der Waals surface area (Å²) >= 11 is 1.78. The number of fused-ring (bicyclic) bond motifs is 1. The zero-order valence-corrected chi connectivity index (χ0v) is 14.2. The Morgan fingerprint density at radius 1 is 1.33 bits per heavy atom. The molecule has 7 heteroatoms. The Balaban J connectivity index is 1.34. The van der Waals surface area contributed by atoms with Crippen LogP contribution >= 0.6 is 11.3 Å². The van der Waals surface area contributed by atoms with Crippen molar-refractivity contribution in [2.45, 2.75) is 18.8 Å². The number of benzene rings is 1. The van der Waals surface area contributed by atoms with Gasteiger partial charge in [0.05, 0.1) is 34.9 Å². The van der Waals surface area contributed by atoms with E-state index in [4.69, 9.17) is 9.72 Å². The van der Waals surface area contributed by atoms with Crippen LogP contribution in [0.15, 0.2) is 24.3 Å². The zero-order chi connectivity index (χ0) is 16.5. The quantitative estimate of drug-likeness (QED) is 0.902. The molecular weight excluding hydrogens is 326 g/mol. The van der Waals surface area contributed by atoms with E-state index in [9.17, 15) is 9.59 Å². The van der Waals surface area contributed by atoms with Crippen LogP contribution < -0.4 is 4.90 Å². The normalized spacial score (nSPS) is 24.3. The van der Waals surface area contributed by atoms with E-state index in [0.29, 0.717) is 25.6 Å². The summed E-state index contributed by atoms with van der Waals surface area (Å²) in [4.78, 5) is 30.9. The van der Waals surface area contributed by atoms with Gasteiger partial charge in [0.25, 0.3) is 5.91 Å². The summed E-state index contributed by atoms with van der Waals surface area (Å²) in [6, 6.07) is 8.24. The Kier molecular flexibility index (Phi) is 4.20. The molecule has 1 aromatic carbocycles. The van der Waals surface area contributed by atoms with E-state index in [0.717, 1.165) is 31.4 Å². The van der Waals surface area contributed by atoms with Crippen molar-refractivity contribution in [1.82, 2.24) is 9.88 Å². The van der Waals surface area contributed by atoms with Crippen LogP contribution in [0.2, 0.25) is 0 Å². The summed E-state index contributed by atoms with van der Waals surface area (Å²) in [5.41, 5.74) is 1.08. The van der Waals surface area contributed by atoms with Crippen LogP contribution in [0, 0.1) is 0 Å². The first-order chi connectivity index (χ1) is 11.7. The van der Waals surface area contributed by atoms with Gasteiger partial charge in [-0.15, -0.1) is 11.3 Å². The number of quaternary nitrogens is 1. The number of amides is 2. The van der Waals surface area contributed by atoms with Crippen molar-refractivity contribution in [2.24, 2.45) is 0 Å². The average Bonchev–Trinajstić information content (AvgIpc) is 3.21. The highest BCUT2D eigenvalue weighted by Crippen LogP contribution is 2.31. The Bertz CT molecular complexity index is 734. The number of thiazole rings is 1. The maximum absolute atomic E-state index is 12.2. The largest absolute Gasteiger partial charge is 0.447 e. The van der Waals surface area contributed by atoms with Gasteiger partial charge in [0.15, 0.2) is 6.54 Å². The number of nitrogens with one attached hydrogen (secondary N) is 1. The predicted octanol–water partition coefficient (Wildman–Crippen LogP) is 1.04. The average molecular weight is 346 g/mol. The van der Waals surface area contributed by atoms with E-state index < -0.39 is 6.09 Å². The molecule has 2 saturated heterocycles. The van der Waals surface area contributed by atoms with Gasteiger partial charge in [-0.05, 0) is 12.1 Å². The molecule has 0 unspecified atom stereocenters. The van der Waals surface area contributed by atoms with Crippen LogP contribution in [0.25, 0.3) is 10.2 Å². The summed E-state index contributed by atoms with van der Waals surface area (Å²) in [6.45, 7) is 2.96. The van der Waals surface area contributed by atoms with Gasteiger partial charge in [-0.1, -0.05) is 12.1 Å². The number of carbonyl (C=O) groups is 2. The third-order valence-corrected chi connectivity index (χ3v) is 6.01. The van der Waals surface area contributed by atoms with Gasteiger partial charge in [-0.25, -0.2) is 14.7 Å². The SMILES string of the molecule is O=C(C[NH+]1CCC(c2nc3ccccc3s2)CC1)N1CCOC1=O. The second-order valence-corrected chi connectivity index (χ2v) is 7.44. The first kappa shape index (κ1) is 15.5. The molecule has 2 aliphatic heterocycles. The van der Waals surface area contributed by atoms with Crippen molar-refractivity contribution < 1.29 is 19.2 Å². The second-order valence-electron chi connectivity index (χ2n) is 6.38. The smallest absolute Gasteiger partial charge is 0.416 e. The van der Waals surface area contributed by atoms with E-state index in [2.05, 4.69) is 12.1 Å². The van der Waals surface area contributed by atoms with Crippen molar-refractivity contribution in [3.63, 3.8) is 0 Å². The fraction of sp³-hybridized carbons (Fsp3) is 0.471. The zero-order valence-electron chi connectivity index (χ0n) is 13.4. The summed E-state index contributed by atoms with van der Waals surface area (Å²) < 4.78 is 6.07. The van der Waals surface area contributed by atoms with E-state index in [1.54, 1.807) is 11.3 Å². The fourth-order valence-corrected chi connectivity index (χ4v) is 4.58. The lowest BCUT2D eigenvalue weighted by atomic mass is 9.97. The monoisotopic (exact) mass is 346 g/mol. The molecule has 0 aliphatic carbocycles. The molecule has 0 bridgehead atoms. The number of imide groups is 1. The minimum Gasteiger partial charge on any atom is -0.447 e. The van der Waals surface area contributed by atoms with Crippen molar-refractivity contribution in [3.05, 3.63) is 29.3 Å². The van der Waals surface area contributed by atoms with Crippen LogP contribution in [0.4, 0.5) is 4.79 Å². The molecule has 4 rings (SSSR count). The van der Waals surface area contributed by atoms with E-state index in [1.807, 2.05) is 12.1 Å². The van der Waals surface area contributed by atoms with Gasteiger partial charge in [0.1, 0.15) is 6.61 Å². The number of piperidine rings is 1. The van der Waals surface area contributed by atoms with Gasteiger partial charge < -0.3 is 9.64 Å². The third-order valence-electron chi connectivity index (χ3n) is 4.82. The minimum atomic E-state index is -0.497. The van der Waals surface area contributed by atoms with Crippen LogP contribution in [-0.2, 0) is 9.53 Å². The summed E-state index contributed by atoms with van der Waals surface area (Å²) in [5, 5.41) is 1.21. The molecule has 2 amide bonds. The standard InChI is InChI=1S/C17H19N3O3S/c21-15(20-9-10-23-17(20)22)11-19-7-5-12(6-8-19)16-18-13-3-1-2-4-14(13)24-16/h1-4,12H,5-11H2/p+1. The molecule has 2 aromatic rings. The Labute approximate surface area is 144 Å². The molecule has 0 saturated carbocycles. The van der Waals surface area contributed by atoms with E-state index in [1.165, 1.54) is 19.5 Å². The van der Waals surface area contributed by atoms with Gasteiger partial charge >= 0.3 is 6.09 Å². The number of cyclic esters (lactones) is 1. The third kappa shape index (κ3) is 3.01. The number of carbonyl (C=O) groups excluding carboxylic acids is 2. The molecule has 24 heavy (non-hydrogen) atoms. The Hall–Kier alpha value is -1.99. The van der Waals surface area contributed by atoms with Crippen molar-refractivity contribution in [1.29, 1.82) is 0 Å². The molecule has 126 valence electrons. The highest BCUT2D eigenvalue weighted by atomic mass is 32.1. The van der Waals surface area contributed by atoms with E-state index in [-0.39, 0.29) is 5.91 Å². The molecule has 2 fully saturated rings. The molecule has 0 radical (unpaired) electrons. The van der Waals surface area contributed by atoms with Gasteiger partial charge in [-0.3, -0.25) is 4.79 Å². The minimum absolute atomic E-state index is 0.120. The number of rotatable bonds is 3. The van der Waals surface area contributed by atoms with Crippen molar-refractivity contribution in [2.75, 3.05) is 32.8 Å². The van der Waals surface area contributed by atoms with Crippen molar-refractivity contribution >= 4 is 33.6 Å². The first-order valence-corrected chi connectivity index (χ1v) is 9.18. The van der Waals surface area contributed by atoms with Crippen LogP contribution in [-0.4, -0.2) is 54.7 Å². The molecule has 6 nitrogen and oxygen atoms in total. The number of ether oxygens (including phenoxy) is 1. The number of para-hydroxylation sites is 1. The maximum Gasteiger partial charge on any atom is 0.416 e. The van der Waals surface area contributed by atoms with Gasteiger partial charge in [-0.2, -0.15) is 0 Å². The molecule has 1 N–H and O–H groups in total. The lowest BCUT2D eigenvalue weighted by Crippen LogP contribution is -3.14. The number of likely N-dealkylation sites (tertiary alicyclic amines) is 1.